The van der Waals surface area contributed by atoms with E-state index in [9.17, 15) is 4.79 Å². The molecule has 1 aliphatic carbocycles. The third kappa shape index (κ3) is 6.64. The van der Waals surface area contributed by atoms with E-state index in [4.69, 9.17) is 4.74 Å². The third-order valence-electron chi connectivity index (χ3n) is 3.01. The highest BCUT2D eigenvalue weighted by molar-refractivity contribution is 5.76. The zero-order valence-corrected chi connectivity index (χ0v) is 11.3. The summed E-state index contributed by atoms with van der Waals surface area (Å²) in [5.74, 6) is 0.687. The molecule has 1 amide bonds. The van der Waals surface area contributed by atoms with Crippen LogP contribution in [0.3, 0.4) is 0 Å². The minimum Gasteiger partial charge on any atom is -0.380 e. The molecule has 0 aromatic carbocycles. The molecule has 0 radical (unpaired) electrons. The van der Waals surface area contributed by atoms with Gasteiger partial charge in [-0.2, -0.15) is 0 Å². The second kappa shape index (κ2) is 7.67. The molecule has 0 heterocycles. The molecule has 0 aromatic heterocycles. The Hall–Kier alpha value is -0.610. The van der Waals surface area contributed by atoms with Gasteiger partial charge in [0.05, 0.1) is 6.61 Å². The second-order valence-electron chi connectivity index (χ2n) is 5.06. The minimum atomic E-state index is 0.166. The summed E-state index contributed by atoms with van der Waals surface area (Å²) >= 11 is 0. The third-order valence-corrected chi connectivity index (χ3v) is 3.01. The Labute approximate surface area is 104 Å². The molecule has 1 atom stereocenters. The molecular formula is C13H26N2O2. The van der Waals surface area contributed by atoms with Crippen molar-refractivity contribution in [2.45, 2.75) is 52.1 Å². The minimum absolute atomic E-state index is 0.166. The van der Waals surface area contributed by atoms with E-state index in [0.717, 1.165) is 32.6 Å². The van der Waals surface area contributed by atoms with Crippen molar-refractivity contribution < 1.29 is 9.53 Å². The van der Waals surface area contributed by atoms with Gasteiger partial charge in [-0.25, -0.2) is 0 Å². The van der Waals surface area contributed by atoms with Crippen LogP contribution in [-0.2, 0) is 9.53 Å². The van der Waals surface area contributed by atoms with Crippen molar-refractivity contribution in [1.82, 2.24) is 10.6 Å². The number of ether oxygens (including phenoxy) is 1. The average Bonchev–Trinajstić information content (AvgIpc) is 3.06. The van der Waals surface area contributed by atoms with Crippen molar-refractivity contribution in [1.29, 1.82) is 0 Å². The van der Waals surface area contributed by atoms with E-state index in [1.165, 1.54) is 0 Å². The Morgan fingerprint density at radius 3 is 2.65 bits per heavy atom. The SMILES string of the molecule is CCOCC(NCCC(=O)NC1CC1)C(C)C. The fourth-order valence-corrected chi connectivity index (χ4v) is 1.63. The van der Waals surface area contributed by atoms with Crippen LogP contribution in [0.4, 0.5) is 0 Å². The van der Waals surface area contributed by atoms with Crippen LogP contribution in [0.2, 0.25) is 0 Å². The summed E-state index contributed by atoms with van der Waals surface area (Å²) in [5, 5.41) is 6.38. The summed E-state index contributed by atoms with van der Waals surface area (Å²) in [5.41, 5.74) is 0. The van der Waals surface area contributed by atoms with E-state index < -0.39 is 0 Å². The Morgan fingerprint density at radius 2 is 2.12 bits per heavy atom. The summed E-state index contributed by atoms with van der Waals surface area (Å²) in [4.78, 5) is 11.5. The molecule has 2 N–H and O–H groups in total. The van der Waals surface area contributed by atoms with Gasteiger partial charge in [0, 0.05) is 31.7 Å². The van der Waals surface area contributed by atoms with Gasteiger partial charge in [0.2, 0.25) is 5.91 Å². The molecule has 100 valence electrons. The van der Waals surface area contributed by atoms with Crippen molar-refractivity contribution in [3.63, 3.8) is 0 Å². The first-order chi connectivity index (χ1) is 8.13. The van der Waals surface area contributed by atoms with Crippen molar-refractivity contribution in [3.8, 4) is 0 Å². The molecule has 0 aromatic rings. The van der Waals surface area contributed by atoms with E-state index in [-0.39, 0.29) is 5.91 Å². The molecule has 1 saturated carbocycles. The zero-order chi connectivity index (χ0) is 12.7. The summed E-state index contributed by atoms with van der Waals surface area (Å²) in [7, 11) is 0. The van der Waals surface area contributed by atoms with Crippen molar-refractivity contribution in [2.24, 2.45) is 5.92 Å². The van der Waals surface area contributed by atoms with Crippen LogP contribution in [0, 0.1) is 5.92 Å². The fraction of sp³-hybridized carbons (Fsp3) is 0.923. The van der Waals surface area contributed by atoms with Crippen molar-refractivity contribution in [2.75, 3.05) is 19.8 Å². The second-order valence-corrected chi connectivity index (χ2v) is 5.06. The lowest BCUT2D eigenvalue weighted by Crippen LogP contribution is -2.40. The molecule has 1 fully saturated rings. The maximum Gasteiger partial charge on any atom is 0.221 e. The summed E-state index contributed by atoms with van der Waals surface area (Å²) in [6.45, 7) is 8.53. The predicted octanol–water partition coefficient (Wildman–Crippen LogP) is 1.31. The van der Waals surface area contributed by atoms with E-state index in [1.54, 1.807) is 0 Å². The molecule has 4 heteroatoms. The molecular weight excluding hydrogens is 216 g/mol. The highest BCUT2D eigenvalue weighted by Crippen LogP contribution is 2.18. The number of carbonyl (C=O) groups is 1. The Balaban J connectivity index is 2.09. The van der Waals surface area contributed by atoms with Gasteiger partial charge in [-0.15, -0.1) is 0 Å². The molecule has 1 rings (SSSR count). The van der Waals surface area contributed by atoms with Gasteiger partial charge in [0.25, 0.3) is 0 Å². The first-order valence-corrected chi connectivity index (χ1v) is 6.74. The molecule has 0 bridgehead atoms. The van der Waals surface area contributed by atoms with Crippen LogP contribution in [0.5, 0.6) is 0 Å². The predicted molar refractivity (Wildman–Crippen MR) is 68.9 cm³/mol. The van der Waals surface area contributed by atoms with Crippen LogP contribution >= 0.6 is 0 Å². The van der Waals surface area contributed by atoms with Crippen LogP contribution in [0.1, 0.15) is 40.0 Å². The highest BCUT2D eigenvalue weighted by Gasteiger charge is 2.23. The lowest BCUT2D eigenvalue weighted by Gasteiger charge is -2.22. The summed E-state index contributed by atoms with van der Waals surface area (Å²) in [6, 6.07) is 0.801. The monoisotopic (exact) mass is 242 g/mol. The van der Waals surface area contributed by atoms with Crippen molar-refractivity contribution in [3.05, 3.63) is 0 Å². The molecule has 1 unspecified atom stereocenters. The fourth-order valence-electron chi connectivity index (χ4n) is 1.63. The number of hydrogen-bond acceptors (Lipinski definition) is 3. The molecule has 0 saturated heterocycles. The van der Waals surface area contributed by atoms with Gasteiger partial charge in [0.1, 0.15) is 0 Å². The molecule has 1 aliphatic rings. The Kier molecular flexibility index (Phi) is 6.52. The molecule has 0 spiro atoms. The maximum absolute atomic E-state index is 11.5. The normalized spacial score (nSPS) is 17.2. The van der Waals surface area contributed by atoms with Gasteiger partial charge < -0.3 is 15.4 Å². The van der Waals surface area contributed by atoms with Crippen LogP contribution < -0.4 is 10.6 Å². The van der Waals surface area contributed by atoms with Gasteiger partial charge in [-0.1, -0.05) is 13.8 Å². The highest BCUT2D eigenvalue weighted by atomic mass is 16.5. The molecule has 4 nitrogen and oxygen atoms in total. The van der Waals surface area contributed by atoms with Gasteiger partial charge in [-0.05, 0) is 25.7 Å². The van der Waals surface area contributed by atoms with Crippen LogP contribution in [0.15, 0.2) is 0 Å². The Morgan fingerprint density at radius 1 is 1.41 bits per heavy atom. The zero-order valence-electron chi connectivity index (χ0n) is 11.3. The van der Waals surface area contributed by atoms with E-state index in [2.05, 4.69) is 24.5 Å². The maximum atomic E-state index is 11.5. The van der Waals surface area contributed by atoms with E-state index in [0.29, 0.717) is 24.4 Å². The number of rotatable bonds is 9. The van der Waals surface area contributed by atoms with Crippen LogP contribution in [0.25, 0.3) is 0 Å². The van der Waals surface area contributed by atoms with Crippen molar-refractivity contribution >= 4 is 5.91 Å². The summed E-state index contributed by atoms with van der Waals surface area (Å²) in [6.07, 6.45) is 2.86. The Bertz CT molecular complexity index is 227. The van der Waals surface area contributed by atoms with Gasteiger partial charge >= 0.3 is 0 Å². The smallest absolute Gasteiger partial charge is 0.221 e. The first-order valence-electron chi connectivity index (χ1n) is 6.74. The quantitative estimate of drug-likeness (QED) is 0.641. The van der Waals surface area contributed by atoms with E-state index >= 15 is 0 Å². The molecule has 0 aliphatic heterocycles. The summed E-state index contributed by atoms with van der Waals surface area (Å²) < 4.78 is 5.43. The number of amides is 1. The topological polar surface area (TPSA) is 50.4 Å². The largest absolute Gasteiger partial charge is 0.380 e. The number of nitrogens with one attached hydrogen (secondary N) is 2. The molecule has 17 heavy (non-hydrogen) atoms. The van der Waals surface area contributed by atoms with Gasteiger partial charge in [0.15, 0.2) is 0 Å². The number of hydrogen-bond donors (Lipinski definition) is 2. The first kappa shape index (κ1) is 14.5. The number of carbonyl (C=O) groups excluding carboxylic acids is 1. The standard InChI is InChI=1S/C13H26N2O2/c1-4-17-9-12(10(2)3)14-8-7-13(16)15-11-5-6-11/h10-12,14H,4-9H2,1-3H3,(H,15,16). The van der Waals surface area contributed by atoms with Crippen LogP contribution in [-0.4, -0.2) is 37.7 Å². The lowest BCUT2D eigenvalue weighted by atomic mass is 10.1. The lowest BCUT2D eigenvalue weighted by molar-refractivity contribution is -0.121. The van der Waals surface area contributed by atoms with Gasteiger partial charge in [-0.3, -0.25) is 4.79 Å². The van der Waals surface area contributed by atoms with E-state index in [1.807, 2.05) is 6.92 Å². The average molecular weight is 242 g/mol.